The molecule has 5 nitrogen and oxygen atoms in total. The second kappa shape index (κ2) is 7.27. The van der Waals surface area contributed by atoms with Crippen LogP contribution in [-0.2, 0) is 17.8 Å². The van der Waals surface area contributed by atoms with E-state index in [-0.39, 0.29) is 17.7 Å². The lowest BCUT2D eigenvalue weighted by molar-refractivity contribution is -0.274. The Bertz CT molecular complexity index is 880. The van der Waals surface area contributed by atoms with Crippen LogP contribution in [-0.4, -0.2) is 29.8 Å². The highest BCUT2D eigenvalue weighted by Crippen LogP contribution is 2.36. The summed E-state index contributed by atoms with van der Waals surface area (Å²) in [6.07, 6.45) is -1.11. The zero-order valence-corrected chi connectivity index (χ0v) is 16.1. The molecule has 2 heterocycles. The number of aromatic nitrogens is 1. The summed E-state index contributed by atoms with van der Waals surface area (Å²) >= 11 is 1.46. The summed E-state index contributed by atoms with van der Waals surface area (Å²) in [6, 6.07) is 4.75. The molecule has 2 aromatic rings. The molecule has 0 bridgehead atoms. The zero-order chi connectivity index (χ0) is 19.9. The van der Waals surface area contributed by atoms with E-state index in [0.29, 0.717) is 13.0 Å². The predicted molar refractivity (Wildman–Crippen MR) is 101 cm³/mol. The number of halogens is 3. The van der Waals surface area contributed by atoms with Crippen molar-refractivity contribution in [2.24, 2.45) is 0 Å². The predicted octanol–water partition coefficient (Wildman–Crippen LogP) is 4.51. The van der Waals surface area contributed by atoms with Gasteiger partial charge in [-0.1, -0.05) is 0 Å². The van der Waals surface area contributed by atoms with Gasteiger partial charge in [0.1, 0.15) is 5.75 Å². The quantitative estimate of drug-likeness (QED) is 0.726. The minimum absolute atomic E-state index is 0.00362. The van der Waals surface area contributed by atoms with Crippen molar-refractivity contribution in [3.8, 4) is 5.75 Å². The van der Waals surface area contributed by atoms with Crippen LogP contribution in [0.4, 0.5) is 24.0 Å². The van der Waals surface area contributed by atoms with Crippen LogP contribution >= 0.6 is 11.3 Å². The molecule has 1 fully saturated rings. The largest absolute Gasteiger partial charge is 0.573 e. The van der Waals surface area contributed by atoms with Gasteiger partial charge >= 0.3 is 6.36 Å². The molecule has 1 aliphatic heterocycles. The number of rotatable bonds is 5. The van der Waals surface area contributed by atoms with Gasteiger partial charge < -0.3 is 9.64 Å². The van der Waals surface area contributed by atoms with Crippen LogP contribution in [0.1, 0.15) is 37.4 Å². The van der Waals surface area contributed by atoms with E-state index >= 15 is 0 Å². The molecule has 1 aromatic carbocycles. The van der Waals surface area contributed by atoms with Crippen molar-refractivity contribution in [1.82, 2.24) is 4.98 Å². The maximum Gasteiger partial charge on any atom is 0.573 e. The van der Waals surface area contributed by atoms with Crippen molar-refractivity contribution in [2.45, 2.75) is 51.6 Å². The second-order valence-corrected chi connectivity index (χ2v) is 7.94. The van der Waals surface area contributed by atoms with Crippen molar-refractivity contribution in [3.05, 3.63) is 34.8 Å². The lowest BCUT2D eigenvalue weighted by Gasteiger charge is -2.31. The number of aryl methyl sites for hydroxylation is 1. The Balaban J connectivity index is 1.50. The van der Waals surface area contributed by atoms with Crippen LogP contribution in [0.15, 0.2) is 23.6 Å². The van der Waals surface area contributed by atoms with Crippen molar-refractivity contribution in [2.75, 3.05) is 16.3 Å². The molecule has 9 heteroatoms. The summed E-state index contributed by atoms with van der Waals surface area (Å²) < 4.78 is 41.4. The molecule has 28 heavy (non-hydrogen) atoms. The Kier molecular flexibility index (Phi) is 4.95. The molecule has 0 radical (unpaired) electrons. The van der Waals surface area contributed by atoms with Crippen LogP contribution in [0.25, 0.3) is 0 Å². The molecule has 0 atom stereocenters. The highest BCUT2D eigenvalue weighted by atomic mass is 32.1. The van der Waals surface area contributed by atoms with E-state index < -0.39 is 6.36 Å². The van der Waals surface area contributed by atoms with Crippen molar-refractivity contribution >= 4 is 28.1 Å². The first-order valence-electron chi connectivity index (χ1n) is 9.18. The Hall–Kier alpha value is -2.29. The third-order valence-electron chi connectivity index (χ3n) is 4.85. The molecule has 1 amide bonds. The molecule has 4 rings (SSSR count). The summed E-state index contributed by atoms with van der Waals surface area (Å²) in [5.74, 6) is -0.186. The van der Waals surface area contributed by atoms with Gasteiger partial charge in [-0.2, -0.15) is 0 Å². The number of nitrogens with zero attached hydrogens (tertiary/aromatic N) is 3. The molecule has 0 N–H and O–H groups in total. The highest BCUT2D eigenvalue weighted by Gasteiger charge is 2.34. The van der Waals surface area contributed by atoms with Crippen molar-refractivity contribution in [1.29, 1.82) is 0 Å². The monoisotopic (exact) mass is 411 g/mol. The fraction of sp³-hybridized carbons (Fsp3) is 0.474. The number of carbonyl (C=O) groups is 1. The van der Waals surface area contributed by atoms with E-state index in [9.17, 15) is 18.0 Å². The number of ether oxygens (including phenoxy) is 1. The van der Waals surface area contributed by atoms with E-state index in [1.54, 1.807) is 17.9 Å². The molecular weight excluding hydrogens is 391 g/mol. The van der Waals surface area contributed by atoms with Crippen LogP contribution in [0.5, 0.6) is 5.75 Å². The summed E-state index contributed by atoms with van der Waals surface area (Å²) in [4.78, 5) is 20.4. The highest BCUT2D eigenvalue weighted by molar-refractivity contribution is 7.14. The summed E-state index contributed by atoms with van der Waals surface area (Å²) in [5, 5.41) is 2.67. The maximum absolute atomic E-state index is 12.5. The number of thiazole rings is 1. The topological polar surface area (TPSA) is 45.7 Å². The molecule has 150 valence electrons. The zero-order valence-electron chi connectivity index (χ0n) is 15.3. The SMILES string of the molecule is CC(=O)N(c1nc(CN2CCCc3cc(OC(F)(F)F)ccc32)cs1)C1CC1. The number of carbonyl (C=O) groups excluding carboxylic acids is 1. The first-order chi connectivity index (χ1) is 13.3. The van der Waals surface area contributed by atoms with Crippen LogP contribution in [0, 0.1) is 0 Å². The Labute approximate surface area is 164 Å². The van der Waals surface area contributed by atoms with Gasteiger partial charge in [-0.3, -0.25) is 9.69 Å². The number of fused-ring (bicyclic) bond motifs is 1. The average molecular weight is 411 g/mol. The molecule has 1 aliphatic carbocycles. The first kappa shape index (κ1) is 19.0. The standard InChI is InChI=1S/C19H20F3N3O2S/c1-12(26)25(15-4-5-15)18-23-14(11-28-18)10-24-8-2-3-13-9-16(6-7-17(13)24)27-19(20,21)22/h6-7,9,11,15H,2-5,8,10H2,1H3. The number of hydrogen-bond acceptors (Lipinski definition) is 5. The van der Waals surface area contributed by atoms with Gasteiger partial charge in [0.2, 0.25) is 5.91 Å². The number of anilines is 2. The molecule has 1 aromatic heterocycles. The minimum Gasteiger partial charge on any atom is -0.406 e. The van der Waals surface area contributed by atoms with E-state index in [1.165, 1.54) is 23.5 Å². The third kappa shape index (κ3) is 4.24. The maximum atomic E-state index is 12.5. The van der Waals surface area contributed by atoms with E-state index in [2.05, 4.69) is 14.6 Å². The van der Waals surface area contributed by atoms with E-state index in [0.717, 1.165) is 47.9 Å². The van der Waals surface area contributed by atoms with Gasteiger partial charge in [0.25, 0.3) is 0 Å². The molecule has 0 saturated heterocycles. The molecule has 1 saturated carbocycles. The van der Waals surface area contributed by atoms with Gasteiger partial charge in [0, 0.05) is 30.6 Å². The first-order valence-corrected chi connectivity index (χ1v) is 10.1. The average Bonchev–Trinajstić information content (AvgIpc) is 3.32. The van der Waals surface area contributed by atoms with Crippen LogP contribution in [0.2, 0.25) is 0 Å². The summed E-state index contributed by atoms with van der Waals surface area (Å²) in [7, 11) is 0. The summed E-state index contributed by atoms with van der Waals surface area (Å²) in [6.45, 7) is 2.92. The summed E-state index contributed by atoms with van der Waals surface area (Å²) in [5.41, 5.74) is 2.60. The Morgan fingerprint density at radius 1 is 1.39 bits per heavy atom. The van der Waals surface area contributed by atoms with E-state index in [4.69, 9.17) is 0 Å². The fourth-order valence-corrected chi connectivity index (χ4v) is 4.50. The van der Waals surface area contributed by atoms with Gasteiger partial charge in [-0.15, -0.1) is 24.5 Å². The van der Waals surface area contributed by atoms with Crippen molar-refractivity contribution in [3.63, 3.8) is 0 Å². The smallest absolute Gasteiger partial charge is 0.406 e. The molecule has 2 aliphatic rings. The lowest BCUT2D eigenvalue weighted by atomic mass is 10.0. The minimum atomic E-state index is -4.69. The number of amides is 1. The van der Waals surface area contributed by atoms with Crippen LogP contribution < -0.4 is 14.5 Å². The van der Waals surface area contributed by atoms with Crippen LogP contribution in [0.3, 0.4) is 0 Å². The van der Waals surface area contributed by atoms with Crippen molar-refractivity contribution < 1.29 is 22.7 Å². The molecule has 0 spiro atoms. The lowest BCUT2D eigenvalue weighted by Crippen LogP contribution is -2.31. The van der Waals surface area contributed by atoms with Gasteiger partial charge in [0.05, 0.1) is 12.2 Å². The Morgan fingerprint density at radius 2 is 2.18 bits per heavy atom. The fourth-order valence-electron chi connectivity index (χ4n) is 3.57. The molecular formula is C19H20F3N3O2S. The number of hydrogen-bond donors (Lipinski definition) is 0. The third-order valence-corrected chi connectivity index (χ3v) is 5.74. The number of alkyl halides is 3. The van der Waals surface area contributed by atoms with Gasteiger partial charge in [-0.25, -0.2) is 4.98 Å². The Morgan fingerprint density at radius 3 is 2.86 bits per heavy atom. The molecule has 0 unspecified atom stereocenters. The van der Waals surface area contributed by atoms with Gasteiger partial charge in [-0.05, 0) is 49.4 Å². The van der Waals surface area contributed by atoms with E-state index in [1.807, 2.05) is 5.38 Å². The number of benzene rings is 1. The van der Waals surface area contributed by atoms with Gasteiger partial charge in [0.15, 0.2) is 5.13 Å². The second-order valence-electron chi connectivity index (χ2n) is 7.11. The normalized spacial score (nSPS) is 16.6.